The Morgan fingerprint density at radius 3 is 2.44 bits per heavy atom. The standard InChI is InChI=1S/C19H29NO5/c1-3-24-19(22)12-14-20(13-8-15-23-2)18(21)11-7-16-25-17-9-5-4-6-10-17/h4-6,9-10H,3,7-8,11-16H2,1-2H3. The van der Waals surface area contributed by atoms with Gasteiger partial charge < -0.3 is 19.1 Å². The second kappa shape index (κ2) is 13.2. The SMILES string of the molecule is CCOC(=O)CCN(CCCOC)C(=O)CCCOc1ccccc1. The van der Waals surface area contributed by atoms with Crippen molar-refractivity contribution in [2.24, 2.45) is 0 Å². The number of rotatable bonds is 13. The summed E-state index contributed by atoms with van der Waals surface area (Å²) in [5.41, 5.74) is 0. The quantitative estimate of drug-likeness (QED) is 0.404. The molecule has 0 spiro atoms. The van der Waals surface area contributed by atoms with Crippen LogP contribution in [0.1, 0.15) is 32.6 Å². The van der Waals surface area contributed by atoms with Crippen LogP contribution in [0.3, 0.4) is 0 Å². The highest BCUT2D eigenvalue weighted by atomic mass is 16.5. The molecule has 0 aromatic heterocycles. The van der Waals surface area contributed by atoms with Crippen molar-refractivity contribution in [1.29, 1.82) is 0 Å². The van der Waals surface area contributed by atoms with Crippen molar-refractivity contribution in [3.63, 3.8) is 0 Å². The number of hydrogen-bond acceptors (Lipinski definition) is 5. The Bertz CT molecular complexity index is 492. The van der Waals surface area contributed by atoms with Gasteiger partial charge in [0.2, 0.25) is 5.91 Å². The van der Waals surface area contributed by atoms with Gasteiger partial charge in [-0.15, -0.1) is 0 Å². The lowest BCUT2D eigenvalue weighted by Gasteiger charge is -2.22. The maximum Gasteiger partial charge on any atom is 0.307 e. The van der Waals surface area contributed by atoms with Crippen molar-refractivity contribution in [2.45, 2.75) is 32.6 Å². The Balaban J connectivity index is 2.35. The van der Waals surface area contributed by atoms with Crippen molar-refractivity contribution in [2.75, 3.05) is 40.0 Å². The van der Waals surface area contributed by atoms with Gasteiger partial charge in [0.05, 0.1) is 19.6 Å². The Morgan fingerprint density at radius 2 is 1.76 bits per heavy atom. The highest BCUT2D eigenvalue weighted by molar-refractivity contribution is 5.77. The molecule has 0 aliphatic heterocycles. The van der Waals surface area contributed by atoms with E-state index in [1.54, 1.807) is 18.9 Å². The molecule has 0 N–H and O–H groups in total. The van der Waals surface area contributed by atoms with Crippen molar-refractivity contribution < 1.29 is 23.8 Å². The zero-order valence-corrected chi connectivity index (χ0v) is 15.2. The molecule has 0 bridgehead atoms. The zero-order valence-electron chi connectivity index (χ0n) is 15.2. The summed E-state index contributed by atoms with van der Waals surface area (Å²) in [7, 11) is 1.63. The predicted molar refractivity (Wildman–Crippen MR) is 95.5 cm³/mol. The van der Waals surface area contributed by atoms with E-state index < -0.39 is 0 Å². The second-order valence-electron chi connectivity index (χ2n) is 5.55. The number of ether oxygens (including phenoxy) is 3. The molecule has 1 aromatic rings. The van der Waals surface area contributed by atoms with E-state index in [-0.39, 0.29) is 18.3 Å². The van der Waals surface area contributed by atoms with Crippen LogP contribution in [0, 0.1) is 0 Å². The van der Waals surface area contributed by atoms with E-state index in [1.165, 1.54) is 0 Å². The zero-order chi connectivity index (χ0) is 18.3. The summed E-state index contributed by atoms with van der Waals surface area (Å²) in [6.45, 7) is 4.14. The van der Waals surface area contributed by atoms with Crippen LogP contribution in [-0.2, 0) is 19.1 Å². The molecule has 1 amide bonds. The van der Waals surface area contributed by atoms with Crippen LogP contribution >= 0.6 is 0 Å². The molecule has 1 rings (SSSR count). The number of carbonyl (C=O) groups is 2. The van der Waals surface area contributed by atoms with E-state index in [2.05, 4.69) is 0 Å². The van der Waals surface area contributed by atoms with Crippen molar-refractivity contribution in [3.05, 3.63) is 30.3 Å². The second-order valence-corrected chi connectivity index (χ2v) is 5.55. The van der Waals surface area contributed by atoms with Gasteiger partial charge >= 0.3 is 5.97 Å². The van der Waals surface area contributed by atoms with Gasteiger partial charge in [-0.25, -0.2) is 0 Å². The molecule has 6 nitrogen and oxygen atoms in total. The number of methoxy groups -OCH3 is 1. The molecule has 6 heteroatoms. The maximum absolute atomic E-state index is 12.4. The van der Waals surface area contributed by atoms with Crippen LogP contribution in [0.15, 0.2) is 30.3 Å². The van der Waals surface area contributed by atoms with E-state index >= 15 is 0 Å². The van der Waals surface area contributed by atoms with E-state index in [1.807, 2.05) is 30.3 Å². The molecule has 0 atom stereocenters. The topological polar surface area (TPSA) is 65.1 Å². The molecule has 0 heterocycles. The third-order valence-corrected chi connectivity index (χ3v) is 3.57. The van der Waals surface area contributed by atoms with Gasteiger partial charge in [-0.3, -0.25) is 9.59 Å². The Hall–Kier alpha value is -2.08. The van der Waals surface area contributed by atoms with Gasteiger partial charge in [-0.05, 0) is 31.9 Å². The number of amides is 1. The van der Waals surface area contributed by atoms with Gasteiger partial charge in [-0.2, -0.15) is 0 Å². The Morgan fingerprint density at radius 1 is 1.00 bits per heavy atom. The molecule has 25 heavy (non-hydrogen) atoms. The molecular formula is C19H29NO5. The molecular weight excluding hydrogens is 322 g/mol. The number of nitrogens with zero attached hydrogens (tertiary/aromatic N) is 1. The summed E-state index contributed by atoms with van der Waals surface area (Å²) >= 11 is 0. The van der Waals surface area contributed by atoms with Crippen molar-refractivity contribution in [1.82, 2.24) is 4.90 Å². The lowest BCUT2D eigenvalue weighted by molar-refractivity contribution is -0.144. The van der Waals surface area contributed by atoms with Gasteiger partial charge in [0.1, 0.15) is 5.75 Å². The van der Waals surface area contributed by atoms with E-state index in [4.69, 9.17) is 14.2 Å². The van der Waals surface area contributed by atoms with Gasteiger partial charge in [0.25, 0.3) is 0 Å². The molecule has 0 unspecified atom stereocenters. The average Bonchev–Trinajstić information content (AvgIpc) is 2.62. The summed E-state index contributed by atoms with van der Waals surface area (Å²) in [4.78, 5) is 25.6. The highest BCUT2D eigenvalue weighted by Crippen LogP contribution is 2.09. The fourth-order valence-electron chi connectivity index (χ4n) is 2.31. The third kappa shape index (κ3) is 9.72. The first-order chi connectivity index (χ1) is 12.2. The van der Waals surface area contributed by atoms with E-state index in [0.717, 1.165) is 12.2 Å². The first kappa shape index (κ1) is 21.0. The summed E-state index contributed by atoms with van der Waals surface area (Å²) in [6, 6.07) is 9.52. The molecule has 0 aliphatic rings. The summed E-state index contributed by atoms with van der Waals surface area (Å²) in [6.07, 6.45) is 1.98. The maximum atomic E-state index is 12.4. The molecule has 140 valence electrons. The number of carbonyl (C=O) groups excluding carboxylic acids is 2. The largest absolute Gasteiger partial charge is 0.494 e. The molecule has 0 fully saturated rings. The molecule has 0 saturated heterocycles. The Kier molecular flexibility index (Phi) is 11.1. The minimum atomic E-state index is -0.278. The van der Waals surface area contributed by atoms with Crippen molar-refractivity contribution >= 4 is 11.9 Å². The summed E-state index contributed by atoms with van der Waals surface area (Å²) < 4.78 is 15.6. The third-order valence-electron chi connectivity index (χ3n) is 3.57. The average molecular weight is 351 g/mol. The predicted octanol–water partition coefficient (Wildman–Crippen LogP) is 2.66. The first-order valence-corrected chi connectivity index (χ1v) is 8.77. The minimum absolute atomic E-state index is 0.0251. The fourth-order valence-corrected chi connectivity index (χ4v) is 2.31. The Labute approximate surface area is 150 Å². The number of hydrogen-bond donors (Lipinski definition) is 0. The smallest absolute Gasteiger partial charge is 0.307 e. The van der Waals surface area contributed by atoms with Crippen LogP contribution < -0.4 is 4.74 Å². The summed E-state index contributed by atoms with van der Waals surface area (Å²) in [5, 5.41) is 0. The number of para-hydroxylation sites is 1. The van der Waals surface area contributed by atoms with Crippen molar-refractivity contribution in [3.8, 4) is 5.75 Å². The number of esters is 1. The molecule has 0 aliphatic carbocycles. The minimum Gasteiger partial charge on any atom is -0.494 e. The lowest BCUT2D eigenvalue weighted by atomic mass is 10.2. The normalized spacial score (nSPS) is 10.3. The van der Waals surface area contributed by atoms with Gasteiger partial charge in [0, 0.05) is 33.2 Å². The van der Waals surface area contributed by atoms with E-state index in [9.17, 15) is 9.59 Å². The van der Waals surface area contributed by atoms with E-state index in [0.29, 0.717) is 45.8 Å². The monoisotopic (exact) mass is 351 g/mol. The first-order valence-electron chi connectivity index (χ1n) is 8.77. The van der Waals surface area contributed by atoms with Crippen LogP contribution in [0.4, 0.5) is 0 Å². The molecule has 0 radical (unpaired) electrons. The van der Waals surface area contributed by atoms with Crippen LogP contribution in [0.25, 0.3) is 0 Å². The highest BCUT2D eigenvalue weighted by Gasteiger charge is 2.15. The van der Waals surface area contributed by atoms with Crippen LogP contribution in [0.5, 0.6) is 5.75 Å². The van der Waals surface area contributed by atoms with Gasteiger partial charge in [0.15, 0.2) is 0 Å². The lowest BCUT2D eigenvalue weighted by Crippen LogP contribution is -2.34. The number of benzene rings is 1. The summed E-state index contributed by atoms with van der Waals surface area (Å²) in [5.74, 6) is 0.547. The van der Waals surface area contributed by atoms with Gasteiger partial charge in [-0.1, -0.05) is 18.2 Å². The fraction of sp³-hybridized carbons (Fsp3) is 0.579. The van der Waals surface area contributed by atoms with Crippen LogP contribution in [-0.4, -0.2) is 56.8 Å². The molecule has 1 aromatic carbocycles. The van der Waals surface area contributed by atoms with Crippen LogP contribution in [0.2, 0.25) is 0 Å². The molecule has 0 saturated carbocycles.